The topological polar surface area (TPSA) is 58.6 Å². The third-order valence-corrected chi connectivity index (χ3v) is 11.0. The monoisotopic (exact) mass is 355 g/mol. The summed E-state index contributed by atoms with van der Waals surface area (Å²) in [5.41, 5.74) is -0.0467. The Morgan fingerprint density at radius 2 is 0.864 bits per heavy atom. The molecule has 0 radical (unpaired) electrons. The van der Waals surface area contributed by atoms with Gasteiger partial charge >= 0.3 is 17.6 Å². The standard InChI is InChI=1S/C13H33NO6Si2/c1-10-12(21(15-4,16-5)17-6)14(3)13(11-2)22(18-7,19-8)20-9/h12-13H,10-11H2,1-9H3. The summed E-state index contributed by atoms with van der Waals surface area (Å²) in [6, 6.07) is 0. The van der Waals surface area contributed by atoms with Crippen molar-refractivity contribution in [2.75, 3.05) is 49.7 Å². The van der Waals surface area contributed by atoms with Gasteiger partial charge < -0.3 is 26.6 Å². The highest BCUT2D eigenvalue weighted by Crippen LogP contribution is 2.27. The molecule has 0 fully saturated rings. The second-order valence-electron chi connectivity index (χ2n) is 4.95. The maximum absolute atomic E-state index is 5.66. The number of hydrogen-bond acceptors (Lipinski definition) is 7. The van der Waals surface area contributed by atoms with Crippen molar-refractivity contribution in [2.45, 2.75) is 38.0 Å². The van der Waals surface area contributed by atoms with Gasteiger partial charge in [-0.25, -0.2) is 0 Å². The van der Waals surface area contributed by atoms with Gasteiger partial charge in [0.25, 0.3) is 0 Å². The lowest BCUT2D eigenvalue weighted by molar-refractivity contribution is 0.0449. The fourth-order valence-corrected chi connectivity index (χ4v) is 8.25. The Kier molecular flexibility index (Phi) is 10.2. The van der Waals surface area contributed by atoms with Crippen LogP contribution in [0.4, 0.5) is 0 Å². The molecule has 0 aliphatic rings. The van der Waals surface area contributed by atoms with Crippen LogP contribution in [-0.4, -0.2) is 83.5 Å². The molecule has 0 rings (SSSR count). The largest absolute Gasteiger partial charge is 0.518 e. The molecular weight excluding hydrogens is 322 g/mol. The first-order chi connectivity index (χ1) is 10.4. The van der Waals surface area contributed by atoms with Gasteiger partial charge in [0.15, 0.2) is 0 Å². The van der Waals surface area contributed by atoms with Gasteiger partial charge in [0.1, 0.15) is 0 Å². The van der Waals surface area contributed by atoms with E-state index in [1.54, 1.807) is 42.7 Å². The fourth-order valence-electron chi connectivity index (χ4n) is 3.11. The summed E-state index contributed by atoms with van der Waals surface area (Å²) in [6.45, 7) is 4.17. The van der Waals surface area contributed by atoms with Crippen LogP contribution in [0.5, 0.6) is 0 Å². The van der Waals surface area contributed by atoms with Crippen LogP contribution in [0.2, 0.25) is 0 Å². The van der Waals surface area contributed by atoms with E-state index in [1.165, 1.54) is 0 Å². The van der Waals surface area contributed by atoms with E-state index < -0.39 is 17.6 Å². The van der Waals surface area contributed by atoms with Gasteiger partial charge in [-0.15, -0.1) is 0 Å². The van der Waals surface area contributed by atoms with Crippen molar-refractivity contribution in [1.29, 1.82) is 0 Å². The number of nitrogens with zero attached hydrogens (tertiary/aromatic N) is 1. The predicted molar refractivity (Wildman–Crippen MR) is 89.5 cm³/mol. The molecule has 2 unspecified atom stereocenters. The highest BCUT2D eigenvalue weighted by atomic mass is 28.4. The molecule has 0 heterocycles. The van der Waals surface area contributed by atoms with Crippen LogP contribution in [0.3, 0.4) is 0 Å². The minimum Gasteiger partial charge on any atom is -0.376 e. The Morgan fingerprint density at radius 3 is 1.00 bits per heavy atom. The molecule has 0 aromatic carbocycles. The highest BCUT2D eigenvalue weighted by Gasteiger charge is 2.56. The van der Waals surface area contributed by atoms with Gasteiger partial charge in [-0.2, -0.15) is 0 Å². The van der Waals surface area contributed by atoms with Gasteiger partial charge in [-0.3, -0.25) is 4.90 Å². The molecular formula is C13H33NO6Si2. The quantitative estimate of drug-likeness (QED) is 0.489. The minimum absolute atomic E-state index is 0.0234. The summed E-state index contributed by atoms with van der Waals surface area (Å²) < 4.78 is 34.0. The van der Waals surface area contributed by atoms with Gasteiger partial charge in [0, 0.05) is 42.7 Å². The first kappa shape index (κ1) is 22.2. The fraction of sp³-hybridized carbons (Fsp3) is 1.00. The van der Waals surface area contributed by atoms with Gasteiger partial charge in [0.05, 0.1) is 11.3 Å². The Bertz CT molecular complexity index is 258. The van der Waals surface area contributed by atoms with Crippen molar-refractivity contribution in [2.24, 2.45) is 0 Å². The van der Waals surface area contributed by atoms with E-state index in [1.807, 2.05) is 7.05 Å². The molecule has 0 aliphatic carbocycles. The van der Waals surface area contributed by atoms with E-state index in [9.17, 15) is 0 Å². The molecule has 0 aliphatic heterocycles. The molecule has 0 saturated carbocycles. The summed E-state index contributed by atoms with van der Waals surface area (Å²) in [4.78, 5) is 2.17. The van der Waals surface area contributed by atoms with Crippen LogP contribution < -0.4 is 0 Å². The molecule has 2 atom stereocenters. The van der Waals surface area contributed by atoms with E-state index in [2.05, 4.69) is 18.7 Å². The molecule has 0 aromatic heterocycles. The van der Waals surface area contributed by atoms with E-state index in [-0.39, 0.29) is 11.3 Å². The summed E-state index contributed by atoms with van der Waals surface area (Å²) >= 11 is 0. The smallest absolute Gasteiger partial charge is 0.376 e. The van der Waals surface area contributed by atoms with Crippen molar-refractivity contribution in [3.8, 4) is 0 Å². The molecule has 134 valence electrons. The summed E-state index contributed by atoms with van der Waals surface area (Å²) in [6.07, 6.45) is 1.63. The van der Waals surface area contributed by atoms with Crippen LogP contribution in [0.15, 0.2) is 0 Å². The molecule has 0 aromatic rings. The molecule has 22 heavy (non-hydrogen) atoms. The van der Waals surface area contributed by atoms with Crippen LogP contribution in [-0.2, 0) is 26.6 Å². The van der Waals surface area contributed by atoms with Crippen molar-refractivity contribution < 1.29 is 26.6 Å². The lowest BCUT2D eigenvalue weighted by Crippen LogP contribution is -2.68. The molecule has 0 amide bonds. The first-order valence-corrected chi connectivity index (χ1v) is 11.1. The molecule has 0 bridgehead atoms. The summed E-state index contributed by atoms with van der Waals surface area (Å²) in [7, 11) is 6.14. The number of hydrogen-bond donors (Lipinski definition) is 0. The van der Waals surface area contributed by atoms with Crippen molar-refractivity contribution >= 4 is 17.6 Å². The molecule has 7 nitrogen and oxygen atoms in total. The SMILES string of the molecule is CCC(N(C)C(CC)[Si](OC)(OC)OC)[Si](OC)(OC)OC. The van der Waals surface area contributed by atoms with Gasteiger partial charge in [-0.05, 0) is 19.9 Å². The Balaban J connectivity index is 5.67. The van der Waals surface area contributed by atoms with E-state index in [0.29, 0.717) is 0 Å². The second-order valence-corrected chi connectivity index (χ2v) is 11.1. The zero-order chi connectivity index (χ0) is 17.4. The summed E-state index contributed by atoms with van der Waals surface area (Å²) in [5.74, 6) is 0. The molecule has 0 N–H and O–H groups in total. The summed E-state index contributed by atoms with van der Waals surface area (Å²) in [5, 5.41) is 0. The molecule has 0 spiro atoms. The maximum Gasteiger partial charge on any atom is 0.518 e. The van der Waals surface area contributed by atoms with Gasteiger partial charge in [-0.1, -0.05) is 13.8 Å². The van der Waals surface area contributed by atoms with Gasteiger partial charge in [0.2, 0.25) is 0 Å². The number of rotatable bonds is 12. The average Bonchev–Trinajstić information content (AvgIpc) is 2.57. The van der Waals surface area contributed by atoms with E-state index >= 15 is 0 Å². The van der Waals surface area contributed by atoms with Crippen LogP contribution in [0, 0.1) is 0 Å². The van der Waals surface area contributed by atoms with E-state index in [4.69, 9.17) is 26.6 Å². The Hall–Kier alpha value is 0.154. The zero-order valence-electron chi connectivity index (χ0n) is 15.5. The first-order valence-electron chi connectivity index (χ1n) is 7.45. The lowest BCUT2D eigenvalue weighted by Gasteiger charge is -2.44. The Morgan fingerprint density at radius 1 is 0.636 bits per heavy atom. The normalized spacial score (nSPS) is 16.1. The van der Waals surface area contributed by atoms with Crippen molar-refractivity contribution in [3.05, 3.63) is 0 Å². The van der Waals surface area contributed by atoms with Crippen molar-refractivity contribution in [3.63, 3.8) is 0 Å². The maximum atomic E-state index is 5.66. The molecule has 0 saturated heterocycles. The van der Waals surface area contributed by atoms with Crippen LogP contribution in [0.1, 0.15) is 26.7 Å². The lowest BCUT2D eigenvalue weighted by atomic mass is 10.4. The predicted octanol–water partition coefficient (Wildman–Crippen LogP) is 1.31. The Labute approximate surface area is 137 Å². The van der Waals surface area contributed by atoms with E-state index in [0.717, 1.165) is 12.8 Å². The minimum atomic E-state index is -2.82. The molecule has 9 heteroatoms. The third-order valence-electron chi connectivity index (χ3n) is 4.28. The second kappa shape index (κ2) is 10.1. The van der Waals surface area contributed by atoms with Crippen LogP contribution >= 0.6 is 0 Å². The van der Waals surface area contributed by atoms with Crippen LogP contribution in [0.25, 0.3) is 0 Å². The zero-order valence-corrected chi connectivity index (χ0v) is 17.5. The third kappa shape index (κ3) is 4.16. The van der Waals surface area contributed by atoms with Crippen molar-refractivity contribution in [1.82, 2.24) is 4.90 Å². The highest BCUT2D eigenvalue weighted by molar-refractivity contribution is 6.64. The average molecular weight is 356 g/mol.